The molecule has 0 heterocycles. The van der Waals surface area contributed by atoms with Crippen LogP contribution in [0.2, 0.25) is 0 Å². The summed E-state index contributed by atoms with van der Waals surface area (Å²) in [6, 6.07) is 9.94. The van der Waals surface area contributed by atoms with Gasteiger partial charge in [0.2, 0.25) is 0 Å². The molecule has 19 heavy (non-hydrogen) atoms. The van der Waals surface area contributed by atoms with E-state index in [1.165, 1.54) is 24.0 Å². The molecule has 0 aromatic heterocycles. The lowest BCUT2D eigenvalue weighted by atomic mass is 9.92. The van der Waals surface area contributed by atoms with Gasteiger partial charge in [-0.15, -0.1) is 0 Å². The first-order valence-corrected chi connectivity index (χ1v) is 8.09. The third kappa shape index (κ3) is 1.71. The van der Waals surface area contributed by atoms with Crippen molar-refractivity contribution in [2.24, 2.45) is 29.6 Å². The van der Waals surface area contributed by atoms with E-state index in [1.54, 1.807) is 6.42 Å². The van der Waals surface area contributed by atoms with Crippen LogP contribution in [0.15, 0.2) is 24.3 Å². The Kier molecular flexibility index (Phi) is 2.73. The Labute approximate surface area is 116 Å². The lowest BCUT2D eigenvalue weighted by Gasteiger charge is -2.20. The molecule has 1 N–H and O–H groups in total. The van der Waals surface area contributed by atoms with E-state index in [0.717, 1.165) is 36.0 Å². The molecule has 4 rings (SSSR count). The van der Waals surface area contributed by atoms with Crippen molar-refractivity contribution in [2.45, 2.75) is 38.6 Å². The molecule has 3 aliphatic rings. The van der Waals surface area contributed by atoms with E-state index in [-0.39, 0.29) is 0 Å². The van der Waals surface area contributed by atoms with Crippen molar-refractivity contribution in [3.63, 3.8) is 0 Å². The highest BCUT2D eigenvalue weighted by Gasteiger charge is 2.66. The number of rotatable bonds is 4. The standard InChI is InChI=1S/C18H25N/c1-3-11-4-6-12(7-5-11)18(19-2)17-15-13-8-9-14(10-13)16(15)17/h4-7,13-19H,3,8-10H2,1-2H3. The molecule has 3 saturated carbocycles. The minimum Gasteiger partial charge on any atom is -0.313 e. The van der Waals surface area contributed by atoms with E-state index >= 15 is 0 Å². The van der Waals surface area contributed by atoms with Gasteiger partial charge in [-0.3, -0.25) is 0 Å². The van der Waals surface area contributed by atoms with Crippen LogP contribution in [0.25, 0.3) is 0 Å². The highest BCUT2D eigenvalue weighted by atomic mass is 14.9. The summed E-state index contributed by atoms with van der Waals surface area (Å²) in [5, 5.41) is 3.62. The topological polar surface area (TPSA) is 12.0 Å². The van der Waals surface area contributed by atoms with Crippen molar-refractivity contribution in [3.05, 3.63) is 35.4 Å². The Balaban J connectivity index is 1.55. The molecule has 5 atom stereocenters. The summed E-state index contributed by atoms with van der Waals surface area (Å²) >= 11 is 0. The highest BCUT2D eigenvalue weighted by molar-refractivity contribution is 5.29. The van der Waals surface area contributed by atoms with Crippen molar-refractivity contribution >= 4 is 0 Å². The second kappa shape index (κ2) is 4.34. The van der Waals surface area contributed by atoms with Crippen molar-refractivity contribution in [1.82, 2.24) is 5.32 Å². The molecular weight excluding hydrogens is 230 g/mol. The molecule has 3 fully saturated rings. The van der Waals surface area contributed by atoms with Crippen LogP contribution in [-0.2, 0) is 6.42 Å². The fourth-order valence-corrected chi connectivity index (χ4v) is 5.38. The SMILES string of the molecule is CCc1ccc(C(NC)C2C3C4CCC(C4)C32)cc1. The van der Waals surface area contributed by atoms with Crippen LogP contribution in [0.1, 0.15) is 43.4 Å². The van der Waals surface area contributed by atoms with Crippen molar-refractivity contribution in [3.8, 4) is 0 Å². The molecule has 2 bridgehead atoms. The largest absolute Gasteiger partial charge is 0.313 e. The summed E-state index contributed by atoms with van der Waals surface area (Å²) in [4.78, 5) is 0. The quantitative estimate of drug-likeness (QED) is 0.863. The Morgan fingerprint density at radius 3 is 2.26 bits per heavy atom. The summed E-state index contributed by atoms with van der Waals surface area (Å²) in [5.74, 6) is 5.20. The maximum Gasteiger partial charge on any atom is 0.0351 e. The van der Waals surface area contributed by atoms with Gasteiger partial charge in [0.1, 0.15) is 0 Å². The summed E-state index contributed by atoms with van der Waals surface area (Å²) < 4.78 is 0. The van der Waals surface area contributed by atoms with Gasteiger partial charge in [0.05, 0.1) is 0 Å². The van der Waals surface area contributed by atoms with Gasteiger partial charge in [0.15, 0.2) is 0 Å². The lowest BCUT2D eigenvalue weighted by molar-refractivity contribution is 0.385. The maximum absolute atomic E-state index is 3.62. The Hall–Kier alpha value is -0.820. The Morgan fingerprint density at radius 2 is 1.74 bits per heavy atom. The first-order chi connectivity index (χ1) is 9.33. The summed E-state index contributed by atoms with van der Waals surface area (Å²) in [7, 11) is 2.15. The zero-order chi connectivity index (χ0) is 13.0. The summed E-state index contributed by atoms with van der Waals surface area (Å²) in [5.41, 5.74) is 2.97. The fraction of sp³-hybridized carbons (Fsp3) is 0.667. The minimum atomic E-state index is 0.601. The second-order valence-electron chi connectivity index (χ2n) is 6.93. The maximum atomic E-state index is 3.62. The number of hydrogen-bond acceptors (Lipinski definition) is 1. The monoisotopic (exact) mass is 255 g/mol. The number of nitrogens with one attached hydrogen (secondary N) is 1. The van der Waals surface area contributed by atoms with Crippen LogP contribution in [0.4, 0.5) is 0 Å². The summed E-state index contributed by atoms with van der Waals surface area (Å²) in [6.45, 7) is 2.23. The van der Waals surface area contributed by atoms with E-state index in [2.05, 4.69) is 43.6 Å². The molecular formula is C18H25N. The van der Waals surface area contributed by atoms with Crippen molar-refractivity contribution in [1.29, 1.82) is 0 Å². The molecule has 0 spiro atoms. The molecule has 5 unspecified atom stereocenters. The predicted molar refractivity (Wildman–Crippen MR) is 78.9 cm³/mol. The molecule has 0 aliphatic heterocycles. The van der Waals surface area contributed by atoms with Gasteiger partial charge in [0.25, 0.3) is 0 Å². The van der Waals surface area contributed by atoms with Gasteiger partial charge in [-0.05, 0) is 73.4 Å². The van der Waals surface area contributed by atoms with E-state index in [4.69, 9.17) is 0 Å². The van der Waals surface area contributed by atoms with E-state index in [0.29, 0.717) is 6.04 Å². The smallest absolute Gasteiger partial charge is 0.0351 e. The number of fused-ring (bicyclic) bond motifs is 5. The Morgan fingerprint density at radius 1 is 1.11 bits per heavy atom. The molecule has 1 nitrogen and oxygen atoms in total. The van der Waals surface area contributed by atoms with Gasteiger partial charge in [0, 0.05) is 6.04 Å². The number of benzene rings is 1. The third-order valence-corrected chi connectivity index (χ3v) is 6.24. The molecule has 1 aromatic carbocycles. The van der Waals surface area contributed by atoms with Crippen LogP contribution < -0.4 is 5.32 Å². The van der Waals surface area contributed by atoms with Crippen LogP contribution in [0.3, 0.4) is 0 Å². The van der Waals surface area contributed by atoms with Gasteiger partial charge < -0.3 is 5.32 Å². The number of aryl methyl sites for hydroxylation is 1. The molecule has 3 aliphatic carbocycles. The van der Waals surface area contributed by atoms with Crippen LogP contribution in [0.5, 0.6) is 0 Å². The van der Waals surface area contributed by atoms with Gasteiger partial charge in [-0.2, -0.15) is 0 Å². The first-order valence-electron chi connectivity index (χ1n) is 8.09. The van der Waals surface area contributed by atoms with E-state index < -0.39 is 0 Å². The zero-order valence-corrected chi connectivity index (χ0v) is 12.1. The molecule has 0 amide bonds. The fourth-order valence-electron chi connectivity index (χ4n) is 5.38. The van der Waals surface area contributed by atoms with E-state index in [1.807, 2.05) is 0 Å². The molecule has 1 aromatic rings. The zero-order valence-electron chi connectivity index (χ0n) is 12.1. The Bertz CT molecular complexity index is 447. The normalized spacial score (nSPS) is 40.2. The number of hydrogen-bond donors (Lipinski definition) is 1. The van der Waals surface area contributed by atoms with Gasteiger partial charge >= 0.3 is 0 Å². The lowest BCUT2D eigenvalue weighted by Crippen LogP contribution is -2.21. The second-order valence-corrected chi connectivity index (χ2v) is 6.93. The van der Waals surface area contributed by atoms with Crippen LogP contribution in [0, 0.1) is 29.6 Å². The molecule has 0 saturated heterocycles. The average molecular weight is 255 g/mol. The van der Waals surface area contributed by atoms with Crippen molar-refractivity contribution < 1.29 is 0 Å². The van der Waals surface area contributed by atoms with Gasteiger partial charge in [-0.25, -0.2) is 0 Å². The van der Waals surface area contributed by atoms with Crippen molar-refractivity contribution in [2.75, 3.05) is 7.05 Å². The van der Waals surface area contributed by atoms with E-state index in [9.17, 15) is 0 Å². The summed E-state index contributed by atoms with van der Waals surface area (Å²) in [6.07, 6.45) is 5.74. The van der Waals surface area contributed by atoms with Crippen LogP contribution in [-0.4, -0.2) is 7.05 Å². The molecule has 1 heteroatoms. The van der Waals surface area contributed by atoms with Gasteiger partial charge in [-0.1, -0.05) is 31.2 Å². The molecule has 0 radical (unpaired) electrons. The van der Waals surface area contributed by atoms with Crippen LogP contribution >= 0.6 is 0 Å². The highest BCUT2D eigenvalue weighted by Crippen LogP contribution is 2.72. The molecule has 102 valence electrons. The third-order valence-electron chi connectivity index (χ3n) is 6.24. The predicted octanol–water partition coefficient (Wildman–Crippen LogP) is 3.80. The first kappa shape index (κ1) is 12.0. The average Bonchev–Trinajstić information content (AvgIpc) is 2.88. The minimum absolute atomic E-state index is 0.601.